The number of halogens is 1. The molecule has 1 aliphatic heterocycles. The number of hydrogen-bond acceptors (Lipinski definition) is 11. The van der Waals surface area contributed by atoms with Crippen LogP contribution >= 0.6 is 11.6 Å². The second kappa shape index (κ2) is 15.3. The topological polar surface area (TPSA) is 195 Å². The van der Waals surface area contributed by atoms with E-state index in [0.29, 0.717) is 62.3 Å². The molecule has 17 heteroatoms. The summed E-state index contributed by atoms with van der Waals surface area (Å²) in [5.41, 5.74) is 0.279. The van der Waals surface area contributed by atoms with Gasteiger partial charge in [-0.25, -0.2) is 18.2 Å². The molecule has 0 unspecified atom stereocenters. The minimum Gasteiger partial charge on any atom is -0.497 e. The van der Waals surface area contributed by atoms with Crippen LogP contribution in [0.5, 0.6) is 11.5 Å². The van der Waals surface area contributed by atoms with Crippen LogP contribution in [-0.4, -0.2) is 90.9 Å². The molecule has 15 nitrogen and oxygen atoms in total. The number of carbonyl (C=O) groups is 4. The third-order valence-corrected chi connectivity index (χ3v) is 13.7. The lowest BCUT2D eigenvalue weighted by molar-refractivity contribution is -0.141. The number of likely N-dealkylation sites (tertiary alicyclic amines) is 1. The molecule has 2 aromatic heterocycles. The third-order valence-electron chi connectivity index (χ3n) is 11.7. The fraction of sp³-hybridized carbons (Fsp3) is 0.488. The van der Waals surface area contributed by atoms with Gasteiger partial charge in [0.05, 0.1) is 24.4 Å². The molecule has 8 rings (SSSR count). The highest BCUT2D eigenvalue weighted by Crippen LogP contribution is 2.46. The van der Waals surface area contributed by atoms with Crippen molar-refractivity contribution in [3.8, 4) is 11.5 Å². The van der Waals surface area contributed by atoms with Crippen molar-refractivity contribution in [3.05, 3.63) is 54.1 Å². The quantitative estimate of drug-likeness (QED) is 0.144. The van der Waals surface area contributed by atoms with E-state index in [1.165, 1.54) is 11.0 Å². The Kier molecular flexibility index (Phi) is 10.4. The lowest BCUT2D eigenvalue weighted by Gasteiger charge is -2.31. The van der Waals surface area contributed by atoms with Crippen molar-refractivity contribution < 1.29 is 46.2 Å². The molecular formula is C41H46ClN5O10S. The SMILES string of the molecule is C=C[C@@H]1C[C@]1(NC(=O)[C@@H]1C[C@@H](Oc2c3ccc(OC)cc3nc3c2oc2ccc(Cl)cc23)CN1C(=O)[C@@H](NC(=O)OC1CCCC1)C(C)C)C(=O)NS(=O)(=O)C1CC1. The number of aromatic nitrogens is 1. The molecule has 2 aromatic carbocycles. The number of pyridine rings is 1. The van der Waals surface area contributed by atoms with Crippen molar-refractivity contribution in [3.63, 3.8) is 0 Å². The number of ether oxygens (including phenoxy) is 3. The maximum absolute atomic E-state index is 14.6. The van der Waals surface area contributed by atoms with Crippen molar-refractivity contribution in [2.45, 2.75) is 100 Å². The van der Waals surface area contributed by atoms with Gasteiger partial charge in [-0.15, -0.1) is 6.58 Å². The van der Waals surface area contributed by atoms with E-state index in [1.807, 2.05) is 0 Å². The molecule has 308 valence electrons. The van der Waals surface area contributed by atoms with Gasteiger partial charge in [-0.3, -0.25) is 19.1 Å². The van der Waals surface area contributed by atoms with Crippen LogP contribution in [0.15, 0.2) is 53.5 Å². The summed E-state index contributed by atoms with van der Waals surface area (Å²) < 4.78 is 52.0. The molecule has 4 aromatic rings. The van der Waals surface area contributed by atoms with Crippen LogP contribution in [-0.2, 0) is 29.1 Å². The first-order valence-corrected chi connectivity index (χ1v) is 21.6. The number of hydrogen-bond donors (Lipinski definition) is 3. The van der Waals surface area contributed by atoms with Gasteiger partial charge in [0.1, 0.15) is 46.7 Å². The van der Waals surface area contributed by atoms with Crippen molar-refractivity contribution in [1.29, 1.82) is 0 Å². The van der Waals surface area contributed by atoms with Crippen LogP contribution in [0.1, 0.15) is 65.2 Å². The van der Waals surface area contributed by atoms with Gasteiger partial charge >= 0.3 is 6.09 Å². The summed E-state index contributed by atoms with van der Waals surface area (Å²) in [6.07, 6.45) is 4.09. The molecule has 3 saturated carbocycles. The third kappa shape index (κ3) is 7.51. The molecule has 5 atom stereocenters. The highest BCUT2D eigenvalue weighted by molar-refractivity contribution is 7.91. The predicted molar refractivity (Wildman–Crippen MR) is 215 cm³/mol. The number of sulfonamides is 1. The zero-order chi connectivity index (χ0) is 41.1. The number of fused-ring (bicyclic) bond motifs is 4. The monoisotopic (exact) mass is 835 g/mol. The first kappa shape index (κ1) is 39.7. The van der Waals surface area contributed by atoms with Gasteiger partial charge in [-0.1, -0.05) is 31.5 Å². The second-order valence-corrected chi connectivity index (χ2v) is 18.5. The summed E-state index contributed by atoms with van der Waals surface area (Å²) in [4.78, 5) is 62.0. The predicted octanol–water partition coefficient (Wildman–Crippen LogP) is 5.51. The fourth-order valence-electron chi connectivity index (χ4n) is 8.18. The van der Waals surface area contributed by atoms with E-state index in [4.69, 9.17) is 35.2 Å². The van der Waals surface area contributed by atoms with Gasteiger partial charge in [0.2, 0.25) is 21.8 Å². The molecule has 3 aliphatic carbocycles. The largest absolute Gasteiger partial charge is 0.497 e. The van der Waals surface area contributed by atoms with Gasteiger partial charge in [-0.2, -0.15) is 0 Å². The number of nitrogens with one attached hydrogen (secondary N) is 3. The van der Waals surface area contributed by atoms with Crippen LogP contribution in [0.3, 0.4) is 0 Å². The van der Waals surface area contributed by atoms with Crippen LogP contribution in [0, 0.1) is 11.8 Å². The van der Waals surface area contributed by atoms with Crippen molar-refractivity contribution in [2.75, 3.05) is 13.7 Å². The highest BCUT2D eigenvalue weighted by Gasteiger charge is 2.62. The number of amides is 4. The number of nitrogens with zero attached hydrogens (tertiary/aromatic N) is 2. The zero-order valence-corrected chi connectivity index (χ0v) is 34.0. The summed E-state index contributed by atoms with van der Waals surface area (Å²) >= 11 is 6.38. The molecular weight excluding hydrogens is 790 g/mol. The minimum atomic E-state index is -3.93. The average Bonchev–Trinajstić information content (AvgIpc) is 4.02. The summed E-state index contributed by atoms with van der Waals surface area (Å²) in [7, 11) is -2.38. The summed E-state index contributed by atoms with van der Waals surface area (Å²) in [6.45, 7) is 7.25. The van der Waals surface area contributed by atoms with E-state index in [1.54, 1.807) is 57.4 Å². The van der Waals surface area contributed by atoms with Gasteiger partial charge < -0.3 is 34.2 Å². The van der Waals surface area contributed by atoms with E-state index in [-0.39, 0.29) is 25.5 Å². The number of furan rings is 1. The van der Waals surface area contributed by atoms with Crippen LogP contribution in [0.4, 0.5) is 4.79 Å². The standard InChI is InChI=1S/C41H46ClN5O10S/c1-5-22-19-41(22,39(50)46-58(52,53)27-12-13-27)45-37(48)31-18-26(20-47(31)38(49)33(21(2)3)44-40(51)56-24-8-6-7-9-24)55-35-28-14-11-25(54-4)17-30(28)43-34-29-16-23(42)10-15-32(29)57-36(34)35/h5,10-11,14-17,21-22,24,26-27,31,33H,1,6-9,12-13,18-20H2,2-4H3,(H,44,51)(H,45,48)(H,46,50)/t22-,26-,31+,33+,41-/m1/s1. The minimum absolute atomic E-state index is 0.0285. The first-order chi connectivity index (χ1) is 27.7. The van der Waals surface area contributed by atoms with E-state index in [2.05, 4.69) is 21.9 Å². The summed E-state index contributed by atoms with van der Waals surface area (Å²) in [5.74, 6) is -2.17. The Labute approximate surface area is 340 Å². The molecule has 4 aliphatic rings. The molecule has 0 radical (unpaired) electrons. The van der Waals surface area contributed by atoms with E-state index in [9.17, 15) is 27.6 Å². The number of carbonyl (C=O) groups excluding carboxylic acids is 4. The van der Waals surface area contributed by atoms with E-state index in [0.717, 1.165) is 25.7 Å². The molecule has 3 heterocycles. The Bertz CT molecular complexity index is 2450. The molecule has 1 saturated heterocycles. The smallest absolute Gasteiger partial charge is 0.408 e. The fourth-order valence-corrected chi connectivity index (χ4v) is 9.71. The number of methoxy groups -OCH3 is 1. The van der Waals surface area contributed by atoms with Crippen LogP contribution < -0.4 is 24.8 Å². The molecule has 0 spiro atoms. The maximum atomic E-state index is 14.6. The first-order valence-electron chi connectivity index (χ1n) is 19.7. The van der Waals surface area contributed by atoms with Gasteiger partial charge in [0, 0.05) is 34.2 Å². The van der Waals surface area contributed by atoms with E-state index >= 15 is 0 Å². The summed E-state index contributed by atoms with van der Waals surface area (Å²) in [6, 6.07) is 8.21. The average molecular weight is 836 g/mol. The van der Waals surface area contributed by atoms with Crippen molar-refractivity contribution >= 4 is 78.4 Å². The Balaban J connectivity index is 1.13. The Morgan fingerprint density at radius 2 is 1.81 bits per heavy atom. The van der Waals surface area contributed by atoms with E-state index < -0.39 is 74.7 Å². The van der Waals surface area contributed by atoms with Crippen molar-refractivity contribution in [2.24, 2.45) is 11.8 Å². The molecule has 3 N–H and O–H groups in total. The Morgan fingerprint density at radius 1 is 1.05 bits per heavy atom. The Morgan fingerprint density at radius 3 is 2.48 bits per heavy atom. The maximum Gasteiger partial charge on any atom is 0.408 e. The number of rotatable bonds is 13. The highest BCUT2D eigenvalue weighted by atomic mass is 35.5. The molecule has 58 heavy (non-hydrogen) atoms. The van der Waals surface area contributed by atoms with Crippen molar-refractivity contribution in [1.82, 2.24) is 25.2 Å². The molecule has 0 bridgehead atoms. The number of alkyl carbamates (subject to hydrolysis) is 1. The van der Waals surface area contributed by atoms with Crippen LogP contribution in [0.2, 0.25) is 5.02 Å². The summed E-state index contributed by atoms with van der Waals surface area (Å²) in [5, 5.41) is 6.61. The molecule has 4 fully saturated rings. The van der Waals surface area contributed by atoms with Gasteiger partial charge in [0.25, 0.3) is 5.91 Å². The molecule has 4 amide bonds. The zero-order valence-electron chi connectivity index (χ0n) is 32.4. The lowest BCUT2D eigenvalue weighted by atomic mass is 10.0. The normalized spacial score (nSPS) is 23.9. The Hall–Kier alpha value is -5.09. The lowest BCUT2D eigenvalue weighted by Crippen LogP contribution is -2.59. The second-order valence-electron chi connectivity index (χ2n) is 16.1. The number of benzene rings is 2. The van der Waals surface area contributed by atoms with Crippen LogP contribution in [0.25, 0.3) is 33.0 Å². The van der Waals surface area contributed by atoms with Gasteiger partial charge in [-0.05, 0) is 81.2 Å². The van der Waals surface area contributed by atoms with Gasteiger partial charge in [0.15, 0.2) is 11.3 Å².